The fourth-order valence-electron chi connectivity index (χ4n) is 3.15. The number of anilines is 1. The Balaban J connectivity index is 1.39. The number of hydrogen-bond donors (Lipinski definition) is 3. The van der Waals surface area contributed by atoms with Gasteiger partial charge in [0.1, 0.15) is 6.04 Å². The van der Waals surface area contributed by atoms with Gasteiger partial charge in [0.25, 0.3) is 5.91 Å². The number of urea groups is 1. The molecular weight excluding hydrogens is 344 g/mol. The molecule has 4 amide bonds. The van der Waals surface area contributed by atoms with E-state index in [9.17, 15) is 14.4 Å². The number of carbonyl (C=O) groups excluding carboxylic acids is 3. The summed E-state index contributed by atoms with van der Waals surface area (Å²) in [5.74, 6) is -0.722. The third-order valence-electron chi connectivity index (χ3n) is 4.52. The zero-order valence-electron chi connectivity index (χ0n) is 14.4. The summed E-state index contributed by atoms with van der Waals surface area (Å²) < 4.78 is 0. The lowest BCUT2D eigenvalue weighted by molar-refractivity contribution is -0.130. The van der Waals surface area contributed by atoms with E-state index in [1.807, 2.05) is 54.7 Å². The highest BCUT2D eigenvalue weighted by Crippen LogP contribution is 2.19. The van der Waals surface area contributed by atoms with Crippen molar-refractivity contribution in [3.05, 3.63) is 66.4 Å². The molecule has 3 aromatic rings. The Hall–Kier alpha value is -3.61. The van der Waals surface area contributed by atoms with Gasteiger partial charge in [0.2, 0.25) is 5.91 Å². The molecule has 1 fully saturated rings. The largest absolute Gasteiger partial charge is 0.361 e. The van der Waals surface area contributed by atoms with Crippen LogP contribution in [-0.2, 0) is 16.1 Å². The third kappa shape index (κ3) is 3.52. The van der Waals surface area contributed by atoms with E-state index >= 15 is 0 Å². The number of rotatable bonds is 5. The minimum absolute atomic E-state index is 0.112. The van der Waals surface area contributed by atoms with Gasteiger partial charge in [-0.15, -0.1) is 0 Å². The van der Waals surface area contributed by atoms with Crippen LogP contribution in [0.25, 0.3) is 10.9 Å². The molecule has 2 aromatic carbocycles. The topological polar surface area (TPSA) is 94.3 Å². The molecule has 0 radical (unpaired) electrons. The first kappa shape index (κ1) is 16.8. The van der Waals surface area contributed by atoms with Crippen LogP contribution in [0.4, 0.5) is 10.5 Å². The number of carbonyl (C=O) groups is 3. The number of H-pyrrole nitrogens is 1. The Bertz CT molecular complexity index is 1010. The average Bonchev–Trinajstić information content (AvgIpc) is 3.22. The SMILES string of the molecule is O=C(CC1NC(=O)N(Cc2ccccc2)C1=O)Nc1ccc2cc[nH]c2c1. The predicted molar refractivity (Wildman–Crippen MR) is 101 cm³/mol. The predicted octanol–water partition coefficient (Wildman–Crippen LogP) is 2.62. The molecular formula is C20H18N4O3. The average molecular weight is 362 g/mol. The number of amides is 4. The Morgan fingerprint density at radius 1 is 1.07 bits per heavy atom. The molecule has 1 saturated heterocycles. The zero-order valence-corrected chi connectivity index (χ0v) is 14.4. The molecule has 1 aliphatic heterocycles. The number of fused-ring (bicyclic) bond motifs is 1. The van der Waals surface area contributed by atoms with Crippen molar-refractivity contribution >= 4 is 34.4 Å². The minimum Gasteiger partial charge on any atom is -0.361 e. The van der Waals surface area contributed by atoms with Crippen LogP contribution >= 0.6 is 0 Å². The van der Waals surface area contributed by atoms with Crippen molar-refractivity contribution in [2.75, 3.05) is 5.32 Å². The highest BCUT2D eigenvalue weighted by atomic mass is 16.2. The third-order valence-corrected chi connectivity index (χ3v) is 4.52. The first-order valence-electron chi connectivity index (χ1n) is 8.63. The molecule has 1 atom stereocenters. The number of aromatic amines is 1. The summed E-state index contributed by atoms with van der Waals surface area (Å²) in [7, 11) is 0. The molecule has 0 aliphatic carbocycles. The van der Waals surface area contributed by atoms with Gasteiger partial charge in [-0.25, -0.2) is 4.79 Å². The van der Waals surface area contributed by atoms with Gasteiger partial charge < -0.3 is 15.6 Å². The second-order valence-corrected chi connectivity index (χ2v) is 6.44. The molecule has 1 aliphatic rings. The number of benzene rings is 2. The van der Waals surface area contributed by atoms with E-state index in [0.717, 1.165) is 21.4 Å². The van der Waals surface area contributed by atoms with E-state index in [4.69, 9.17) is 0 Å². The molecule has 4 rings (SSSR count). The maximum absolute atomic E-state index is 12.5. The molecule has 7 heteroatoms. The van der Waals surface area contributed by atoms with E-state index < -0.39 is 12.1 Å². The molecule has 0 saturated carbocycles. The van der Waals surface area contributed by atoms with Crippen molar-refractivity contribution in [3.63, 3.8) is 0 Å². The number of nitrogens with zero attached hydrogens (tertiary/aromatic N) is 1. The summed E-state index contributed by atoms with van der Waals surface area (Å²) in [6.45, 7) is 0.188. The normalized spacial score (nSPS) is 16.6. The minimum atomic E-state index is -0.851. The summed E-state index contributed by atoms with van der Waals surface area (Å²) in [6.07, 6.45) is 1.71. The highest BCUT2D eigenvalue weighted by Gasteiger charge is 2.38. The molecule has 0 spiro atoms. The lowest BCUT2D eigenvalue weighted by atomic mass is 10.1. The van der Waals surface area contributed by atoms with Crippen LogP contribution in [0, 0.1) is 0 Å². The van der Waals surface area contributed by atoms with Crippen LogP contribution in [0.1, 0.15) is 12.0 Å². The zero-order chi connectivity index (χ0) is 18.8. The van der Waals surface area contributed by atoms with Gasteiger partial charge in [-0.1, -0.05) is 36.4 Å². The van der Waals surface area contributed by atoms with E-state index in [1.54, 1.807) is 6.07 Å². The van der Waals surface area contributed by atoms with Crippen molar-refractivity contribution in [2.45, 2.75) is 19.0 Å². The highest BCUT2D eigenvalue weighted by molar-refractivity contribution is 6.07. The van der Waals surface area contributed by atoms with E-state index in [1.165, 1.54) is 0 Å². The summed E-state index contributed by atoms with van der Waals surface area (Å²) in [6, 6.07) is 15.4. The maximum Gasteiger partial charge on any atom is 0.325 e. The molecule has 0 bridgehead atoms. The number of nitrogens with one attached hydrogen (secondary N) is 3. The van der Waals surface area contributed by atoms with Gasteiger partial charge >= 0.3 is 6.03 Å². The molecule has 27 heavy (non-hydrogen) atoms. The van der Waals surface area contributed by atoms with Crippen molar-refractivity contribution < 1.29 is 14.4 Å². The molecule has 1 aromatic heterocycles. The number of hydrogen-bond acceptors (Lipinski definition) is 3. The van der Waals surface area contributed by atoms with Gasteiger partial charge in [-0.05, 0) is 29.1 Å². The Morgan fingerprint density at radius 3 is 2.70 bits per heavy atom. The monoisotopic (exact) mass is 362 g/mol. The fourth-order valence-corrected chi connectivity index (χ4v) is 3.15. The summed E-state index contributed by atoms with van der Waals surface area (Å²) in [4.78, 5) is 41.2. The Labute approximate surface area is 155 Å². The Kier molecular flexibility index (Phi) is 4.33. The second-order valence-electron chi connectivity index (χ2n) is 6.44. The van der Waals surface area contributed by atoms with E-state index in [0.29, 0.717) is 5.69 Å². The first-order chi connectivity index (χ1) is 13.1. The maximum atomic E-state index is 12.5. The molecule has 136 valence electrons. The Morgan fingerprint density at radius 2 is 1.89 bits per heavy atom. The van der Waals surface area contributed by atoms with Crippen LogP contribution in [0.2, 0.25) is 0 Å². The smallest absolute Gasteiger partial charge is 0.325 e. The number of aromatic nitrogens is 1. The van der Waals surface area contributed by atoms with Crippen LogP contribution < -0.4 is 10.6 Å². The summed E-state index contributed by atoms with van der Waals surface area (Å²) in [5.41, 5.74) is 2.39. The van der Waals surface area contributed by atoms with E-state index in [-0.39, 0.29) is 24.8 Å². The van der Waals surface area contributed by atoms with Crippen LogP contribution in [0.5, 0.6) is 0 Å². The number of imide groups is 1. The van der Waals surface area contributed by atoms with Gasteiger partial charge in [0.15, 0.2) is 0 Å². The summed E-state index contributed by atoms with van der Waals surface area (Å²) >= 11 is 0. The van der Waals surface area contributed by atoms with Crippen molar-refractivity contribution in [3.8, 4) is 0 Å². The molecule has 2 heterocycles. The quantitative estimate of drug-likeness (QED) is 0.609. The fraction of sp³-hybridized carbons (Fsp3) is 0.150. The van der Waals surface area contributed by atoms with E-state index in [2.05, 4.69) is 15.6 Å². The summed E-state index contributed by atoms with van der Waals surface area (Å²) in [5, 5.41) is 6.40. The standard InChI is InChI=1S/C20H18N4O3/c25-18(22-15-7-6-14-8-9-21-16(14)10-15)11-17-19(26)24(20(27)23-17)12-13-4-2-1-3-5-13/h1-10,17,21H,11-12H2,(H,22,25)(H,23,27). The lowest BCUT2D eigenvalue weighted by Gasteiger charge is -2.13. The van der Waals surface area contributed by atoms with Gasteiger partial charge in [0.05, 0.1) is 13.0 Å². The van der Waals surface area contributed by atoms with Crippen molar-refractivity contribution in [1.29, 1.82) is 0 Å². The van der Waals surface area contributed by atoms with Crippen LogP contribution in [-0.4, -0.2) is 33.8 Å². The van der Waals surface area contributed by atoms with Gasteiger partial charge in [0, 0.05) is 17.4 Å². The van der Waals surface area contributed by atoms with Crippen molar-refractivity contribution in [2.24, 2.45) is 0 Å². The molecule has 3 N–H and O–H groups in total. The van der Waals surface area contributed by atoms with Crippen LogP contribution in [0.3, 0.4) is 0 Å². The first-order valence-corrected chi connectivity index (χ1v) is 8.63. The van der Waals surface area contributed by atoms with Crippen LogP contribution in [0.15, 0.2) is 60.8 Å². The van der Waals surface area contributed by atoms with Gasteiger partial charge in [-0.3, -0.25) is 14.5 Å². The van der Waals surface area contributed by atoms with Crippen molar-refractivity contribution in [1.82, 2.24) is 15.2 Å². The second kappa shape index (κ2) is 6.95. The molecule has 1 unspecified atom stereocenters. The lowest BCUT2D eigenvalue weighted by Crippen LogP contribution is -2.34. The van der Waals surface area contributed by atoms with Gasteiger partial charge in [-0.2, -0.15) is 0 Å². The molecule has 7 nitrogen and oxygen atoms in total.